The molecule has 1 aromatic heterocycles. The quantitative estimate of drug-likeness (QED) is 0.167. The summed E-state index contributed by atoms with van der Waals surface area (Å²) in [5, 5.41) is 10.2. The second-order valence-electron chi connectivity index (χ2n) is 13.0. The normalized spacial score (nSPS) is 11.6. The van der Waals surface area contributed by atoms with E-state index in [0.29, 0.717) is 0 Å². The molecule has 0 spiro atoms. The van der Waals surface area contributed by atoms with Crippen LogP contribution in [0.25, 0.3) is 74.7 Å². The average molecular weight is 654 g/mol. The number of hydrogen-bond donors (Lipinski definition) is 0. The van der Waals surface area contributed by atoms with Gasteiger partial charge in [-0.25, -0.2) is 0 Å². The molecule has 0 aliphatic rings. The zero-order valence-corrected chi connectivity index (χ0v) is 28.1. The van der Waals surface area contributed by atoms with E-state index in [1.165, 1.54) is 74.7 Å². The predicted octanol–water partition coefficient (Wildman–Crippen LogP) is 14.3. The molecule has 0 aliphatic carbocycles. The molecule has 0 saturated carbocycles. The van der Waals surface area contributed by atoms with Crippen LogP contribution in [0.1, 0.15) is 0 Å². The van der Waals surface area contributed by atoms with Gasteiger partial charge in [-0.3, -0.25) is 0 Å². The molecule has 0 aliphatic heterocycles. The van der Waals surface area contributed by atoms with Crippen LogP contribution in [0.4, 0.5) is 17.1 Å². The van der Waals surface area contributed by atoms with Gasteiger partial charge in [0.15, 0.2) is 0 Å². The summed E-state index contributed by atoms with van der Waals surface area (Å²) >= 11 is 1.86. The Morgan fingerprint density at radius 2 is 0.840 bits per heavy atom. The number of rotatable bonds is 5. The van der Waals surface area contributed by atoms with E-state index in [2.05, 4.69) is 193 Å². The van der Waals surface area contributed by atoms with Crippen molar-refractivity contribution in [3.05, 3.63) is 188 Å². The van der Waals surface area contributed by atoms with Crippen LogP contribution in [0.2, 0.25) is 0 Å². The Morgan fingerprint density at radius 3 is 1.62 bits per heavy atom. The molecule has 234 valence electrons. The molecule has 1 heterocycles. The fourth-order valence-electron chi connectivity index (χ4n) is 7.55. The van der Waals surface area contributed by atoms with Crippen molar-refractivity contribution < 1.29 is 0 Å². The van der Waals surface area contributed by atoms with E-state index >= 15 is 0 Å². The van der Waals surface area contributed by atoms with Crippen LogP contribution in [0, 0.1) is 0 Å². The average Bonchev–Trinajstić information content (AvgIpc) is 3.56. The molecule has 0 unspecified atom stereocenters. The molecule has 2 heteroatoms. The van der Waals surface area contributed by atoms with Gasteiger partial charge in [0.1, 0.15) is 0 Å². The molecule has 0 bridgehead atoms. The summed E-state index contributed by atoms with van der Waals surface area (Å²) in [7, 11) is 0. The third-order valence-electron chi connectivity index (χ3n) is 10.1. The fourth-order valence-corrected chi connectivity index (χ4v) is 8.64. The number of thiophene rings is 1. The second kappa shape index (κ2) is 11.7. The molecule has 0 radical (unpaired) electrons. The first kappa shape index (κ1) is 28.8. The SMILES string of the molecule is c1ccc2c(-c3ccc(N(c4ccc(-c5ccc6sc7ccccc7c6c5)cc4)c4ccc5ccc6ccccc6c5c4)cc3)cccc2c1. The van der Waals surface area contributed by atoms with Crippen molar-refractivity contribution in [3.63, 3.8) is 0 Å². The summed E-state index contributed by atoms with van der Waals surface area (Å²) in [6, 6.07) is 68.8. The van der Waals surface area contributed by atoms with Gasteiger partial charge >= 0.3 is 0 Å². The summed E-state index contributed by atoms with van der Waals surface area (Å²) in [5.41, 5.74) is 8.27. The minimum Gasteiger partial charge on any atom is -0.310 e. The minimum atomic E-state index is 1.12. The van der Waals surface area contributed by atoms with Crippen LogP contribution in [0.15, 0.2) is 188 Å². The van der Waals surface area contributed by atoms with E-state index in [-0.39, 0.29) is 0 Å². The zero-order valence-electron chi connectivity index (χ0n) is 27.3. The second-order valence-corrected chi connectivity index (χ2v) is 14.0. The monoisotopic (exact) mass is 653 g/mol. The first-order valence-corrected chi connectivity index (χ1v) is 17.9. The van der Waals surface area contributed by atoms with E-state index < -0.39 is 0 Å². The summed E-state index contributed by atoms with van der Waals surface area (Å²) < 4.78 is 2.66. The van der Waals surface area contributed by atoms with Crippen LogP contribution in [-0.4, -0.2) is 0 Å². The lowest BCUT2D eigenvalue weighted by Crippen LogP contribution is -2.09. The Hall–Kier alpha value is -6.22. The lowest BCUT2D eigenvalue weighted by atomic mass is 9.97. The van der Waals surface area contributed by atoms with Crippen molar-refractivity contribution in [2.75, 3.05) is 4.90 Å². The lowest BCUT2D eigenvalue weighted by molar-refractivity contribution is 1.29. The molecule has 9 aromatic carbocycles. The van der Waals surface area contributed by atoms with Crippen molar-refractivity contribution in [1.82, 2.24) is 0 Å². The maximum Gasteiger partial charge on any atom is 0.0468 e. The largest absolute Gasteiger partial charge is 0.310 e. The van der Waals surface area contributed by atoms with Crippen molar-refractivity contribution in [3.8, 4) is 22.3 Å². The highest BCUT2D eigenvalue weighted by Gasteiger charge is 2.16. The Balaban J connectivity index is 1.09. The molecular formula is C48H31NS. The number of anilines is 3. The standard InChI is InChI=1S/C48H31NS/c1-3-11-41-33(8-1)10-7-14-42(41)35-20-26-39(27-21-35)49(40-28-22-36-17-16-34-9-2-4-12-43(34)45(36)31-40)38-24-18-32(19-25-38)37-23-29-48-46(30-37)44-13-5-6-15-47(44)50-48/h1-31H. The van der Waals surface area contributed by atoms with Crippen LogP contribution >= 0.6 is 11.3 Å². The molecule has 0 amide bonds. The zero-order chi connectivity index (χ0) is 33.0. The van der Waals surface area contributed by atoms with Gasteiger partial charge in [0, 0.05) is 37.2 Å². The third-order valence-corrected chi connectivity index (χ3v) is 11.2. The highest BCUT2D eigenvalue weighted by Crippen LogP contribution is 2.41. The molecule has 50 heavy (non-hydrogen) atoms. The minimum absolute atomic E-state index is 1.12. The Labute approximate surface area is 294 Å². The maximum atomic E-state index is 2.38. The topological polar surface area (TPSA) is 3.24 Å². The molecular weight excluding hydrogens is 623 g/mol. The first-order chi connectivity index (χ1) is 24.8. The fraction of sp³-hybridized carbons (Fsp3) is 0. The Kier molecular flexibility index (Phi) is 6.75. The van der Waals surface area contributed by atoms with Gasteiger partial charge in [-0.2, -0.15) is 0 Å². The van der Waals surface area contributed by atoms with Crippen LogP contribution in [0.5, 0.6) is 0 Å². The number of hydrogen-bond acceptors (Lipinski definition) is 2. The smallest absolute Gasteiger partial charge is 0.0468 e. The summed E-state index contributed by atoms with van der Waals surface area (Å²) in [4.78, 5) is 2.38. The Morgan fingerprint density at radius 1 is 0.300 bits per heavy atom. The Bertz CT molecular complexity index is 2860. The molecule has 0 N–H and O–H groups in total. The summed E-state index contributed by atoms with van der Waals surface area (Å²) in [6.45, 7) is 0. The number of benzene rings is 9. The van der Waals surface area contributed by atoms with Crippen molar-refractivity contribution in [2.45, 2.75) is 0 Å². The van der Waals surface area contributed by atoms with E-state index in [1.807, 2.05) is 11.3 Å². The highest BCUT2D eigenvalue weighted by atomic mass is 32.1. The van der Waals surface area contributed by atoms with Gasteiger partial charge in [-0.15, -0.1) is 11.3 Å². The van der Waals surface area contributed by atoms with Gasteiger partial charge in [0.2, 0.25) is 0 Å². The molecule has 0 saturated heterocycles. The van der Waals surface area contributed by atoms with Crippen molar-refractivity contribution >= 4 is 80.9 Å². The summed E-state index contributed by atoms with van der Waals surface area (Å²) in [5.74, 6) is 0. The summed E-state index contributed by atoms with van der Waals surface area (Å²) in [6.07, 6.45) is 0. The number of nitrogens with zero attached hydrogens (tertiary/aromatic N) is 1. The molecule has 10 aromatic rings. The highest BCUT2D eigenvalue weighted by molar-refractivity contribution is 7.25. The van der Waals surface area contributed by atoms with E-state index in [1.54, 1.807) is 0 Å². The van der Waals surface area contributed by atoms with Gasteiger partial charge in [-0.1, -0.05) is 133 Å². The van der Waals surface area contributed by atoms with Gasteiger partial charge < -0.3 is 4.90 Å². The van der Waals surface area contributed by atoms with Crippen LogP contribution < -0.4 is 4.90 Å². The molecule has 0 fully saturated rings. The van der Waals surface area contributed by atoms with Crippen molar-refractivity contribution in [2.24, 2.45) is 0 Å². The first-order valence-electron chi connectivity index (χ1n) is 17.1. The van der Waals surface area contributed by atoms with Gasteiger partial charge in [0.05, 0.1) is 0 Å². The molecule has 1 nitrogen and oxygen atoms in total. The van der Waals surface area contributed by atoms with E-state index in [9.17, 15) is 0 Å². The molecule has 10 rings (SSSR count). The van der Waals surface area contributed by atoms with Crippen molar-refractivity contribution in [1.29, 1.82) is 0 Å². The van der Waals surface area contributed by atoms with E-state index in [0.717, 1.165) is 17.1 Å². The van der Waals surface area contributed by atoms with E-state index in [4.69, 9.17) is 0 Å². The van der Waals surface area contributed by atoms with Crippen LogP contribution in [0.3, 0.4) is 0 Å². The van der Waals surface area contributed by atoms with Gasteiger partial charge in [-0.05, 0) is 109 Å². The third kappa shape index (κ3) is 4.84. The predicted molar refractivity (Wildman–Crippen MR) is 217 cm³/mol. The number of fused-ring (bicyclic) bond motifs is 7. The molecule has 0 atom stereocenters. The lowest BCUT2D eigenvalue weighted by Gasteiger charge is -2.26. The van der Waals surface area contributed by atoms with Gasteiger partial charge in [0.25, 0.3) is 0 Å². The van der Waals surface area contributed by atoms with Crippen LogP contribution in [-0.2, 0) is 0 Å². The maximum absolute atomic E-state index is 2.38.